The lowest BCUT2D eigenvalue weighted by atomic mass is 10.2. The van der Waals surface area contributed by atoms with E-state index < -0.39 is 0 Å². The summed E-state index contributed by atoms with van der Waals surface area (Å²) in [6, 6.07) is 8.17. The molecule has 0 aliphatic carbocycles. The minimum atomic E-state index is 0.610. The molecule has 1 N–H and O–H groups in total. The van der Waals surface area contributed by atoms with Gasteiger partial charge in [-0.1, -0.05) is 19.1 Å². The smallest absolute Gasteiger partial charge is 0.119 e. The first kappa shape index (κ1) is 14.1. The van der Waals surface area contributed by atoms with Crippen LogP contribution in [0.15, 0.2) is 41.1 Å². The van der Waals surface area contributed by atoms with Crippen LogP contribution in [0.5, 0.6) is 5.75 Å². The average molecular weight is 324 g/mol. The van der Waals surface area contributed by atoms with E-state index in [1.165, 1.54) is 5.56 Å². The van der Waals surface area contributed by atoms with Gasteiger partial charge in [-0.25, -0.2) is 0 Å². The molecule has 19 heavy (non-hydrogen) atoms. The Balaban J connectivity index is 1.82. The van der Waals surface area contributed by atoms with Gasteiger partial charge in [-0.05, 0) is 40.2 Å². The van der Waals surface area contributed by atoms with E-state index in [0.717, 1.165) is 29.9 Å². The molecule has 0 saturated heterocycles. The summed E-state index contributed by atoms with van der Waals surface area (Å²) in [4.78, 5) is 0. The number of hydrogen-bond donors (Lipinski definition) is 1. The van der Waals surface area contributed by atoms with E-state index in [2.05, 4.69) is 45.4 Å². The lowest BCUT2D eigenvalue weighted by Gasteiger charge is -2.08. The summed E-state index contributed by atoms with van der Waals surface area (Å²) in [5, 5.41) is 7.49. The minimum Gasteiger partial charge on any atom is -0.492 e. The molecule has 0 aliphatic heterocycles. The molecule has 1 heterocycles. The van der Waals surface area contributed by atoms with Gasteiger partial charge in [0.25, 0.3) is 0 Å². The molecule has 102 valence electrons. The van der Waals surface area contributed by atoms with Crippen molar-refractivity contribution in [1.82, 2.24) is 15.1 Å². The highest BCUT2D eigenvalue weighted by molar-refractivity contribution is 9.10. The molecule has 0 radical (unpaired) electrons. The van der Waals surface area contributed by atoms with Crippen molar-refractivity contribution in [2.24, 2.45) is 0 Å². The van der Waals surface area contributed by atoms with Crippen LogP contribution in [0.4, 0.5) is 0 Å². The van der Waals surface area contributed by atoms with Crippen molar-refractivity contribution in [1.29, 1.82) is 0 Å². The number of hydrogen-bond acceptors (Lipinski definition) is 3. The summed E-state index contributed by atoms with van der Waals surface area (Å²) in [5.74, 6) is 0.904. The highest BCUT2D eigenvalue weighted by Crippen LogP contribution is 2.13. The van der Waals surface area contributed by atoms with Crippen molar-refractivity contribution in [2.45, 2.75) is 20.0 Å². The second kappa shape index (κ2) is 7.31. The molecular weight excluding hydrogens is 306 g/mol. The van der Waals surface area contributed by atoms with Gasteiger partial charge in [-0.3, -0.25) is 4.68 Å². The van der Waals surface area contributed by atoms with Crippen LogP contribution in [0.3, 0.4) is 0 Å². The van der Waals surface area contributed by atoms with Crippen LogP contribution in [0.2, 0.25) is 0 Å². The van der Waals surface area contributed by atoms with E-state index in [1.54, 1.807) is 6.20 Å². The van der Waals surface area contributed by atoms with Gasteiger partial charge in [0.2, 0.25) is 0 Å². The molecule has 0 amide bonds. The van der Waals surface area contributed by atoms with E-state index >= 15 is 0 Å². The van der Waals surface area contributed by atoms with E-state index in [-0.39, 0.29) is 0 Å². The number of nitrogens with one attached hydrogen (secondary N) is 1. The SMILES string of the molecule is CCNCc1cccc(OCCn2cc(Br)cn2)c1. The van der Waals surface area contributed by atoms with Crippen LogP contribution in [-0.2, 0) is 13.1 Å². The number of ether oxygens (including phenoxy) is 1. The van der Waals surface area contributed by atoms with Gasteiger partial charge in [0.15, 0.2) is 0 Å². The summed E-state index contributed by atoms with van der Waals surface area (Å²) in [5.41, 5.74) is 1.24. The molecule has 0 bridgehead atoms. The maximum absolute atomic E-state index is 5.74. The molecule has 0 atom stereocenters. The van der Waals surface area contributed by atoms with Crippen molar-refractivity contribution >= 4 is 15.9 Å². The van der Waals surface area contributed by atoms with Crippen LogP contribution < -0.4 is 10.1 Å². The minimum absolute atomic E-state index is 0.610. The number of halogens is 1. The predicted molar refractivity (Wildman–Crippen MR) is 79.2 cm³/mol. The third-order valence-electron chi connectivity index (χ3n) is 2.67. The quantitative estimate of drug-likeness (QED) is 0.851. The Labute approximate surface area is 121 Å². The monoisotopic (exact) mass is 323 g/mol. The van der Waals surface area contributed by atoms with Crippen LogP contribution in [-0.4, -0.2) is 22.9 Å². The van der Waals surface area contributed by atoms with Crippen LogP contribution in [0, 0.1) is 0 Å². The van der Waals surface area contributed by atoms with Gasteiger partial charge in [-0.2, -0.15) is 5.10 Å². The van der Waals surface area contributed by atoms with E-state index in [9.17, 15) is 0 Å². The molecule has 1 aromatic carbocycles. The van der Waals surface area contributed by atoms with Crippen molar-refractivity contribution in [3.63, 3.8) is 0 Å². The van der Waals surface area contributed by atoms with Crippen molar-refractivity contribution in [2.75, 3.05) is 13.2 Å². The first-order chi connectivity index (χ1) is 9.28. The summed E-state index contributed by atoms with van der Waals surface area (Å²) < 4.78 is 8.58. The molecule has 2 rings (SSSR count). The van der Waals surface area contributed by atoms with E-state index in [4.69, 9.17) is 4.74 Å². The summed E-state index contributed by atoms with van der Waals surface area (Å²) >= 11 is 3.37. The Morgan fingerprint density at radius 1 is 1.42 bits per heavy atom. The normalized spacial score (nSPS) is 10.6. The maximum Gasteiger partial charge on any atom is 0.119 e. The van der Waals surface area contributed by atoms with Gasteiger partial charge in [0.05, 0.1) is 17.2 Å². The molecule has 4 nitrogen and oxygen atoms in total. The molecule has 0 spiro atoms. The van der Waals surface area contributed by atoms with E-state index in [1.807, 2.05) is 23.0 Å². The zero-order chi connectivity index (χ0) is 13.5. The molecule has 0 fully saturated rings. The Morgan fingerprint density at radius 2 is 2.32 bits per heavy atom. The Hall–Kier alpha value is -1.33. The zero-order valence-corrected chi connectivity index (χ0v) is 12.6. The molecule has 0 saturated carbocycles. The standard InChI is InChI=1S/C14H18BrN3O/c1-2-16-9-12-4-3-5-14(8-12)19-7-6-18-11-13(15)10-17-18/h3-5,8,10-11,16H,2,6-7,9H2,1H3. The number of aromatic nitrogens is 2. The molecule has 5 heteroatoms. The molecule has 0 aliphatic rings. The molecular formula is C14H18BrN3O. The number of benzene rings is 1. The lowest BCUT2D eigenvalue weighted by molar-refractivity contribution is 0.291. The Morgan fingerprint density at radius 3 is 3.05 bits per heavy atom. The molecule has 0 unspecified atom stereocenters. The highest BCUT2D eigenvalue weighted by Gasteiger charge is 1.98. The highest BCUT2D eigenvalue weighted by atomic mass is 79.9. The van der Waals surface area contributed by atoms with Crippen LogP contribution in [0.25, 0.3) is 0 Å². The third kappa shape index (κ3) is 4.69. The van der Waals surface area contributed by atoms with E-state index in [0.29, 0.717) is 6.61 Å². The number of nitrogens with zero attached hydrogens (tertiary/aromatic N) is 2. The Kier molecular flexibility index (Phi) is 5.42. The fourth-order valence-electron chi connectivity index (χ4n) is 1.73. The predicted octanol–water partition coefficient (Wildman–Crippen LogP) is 2.83. The molecule has 1 aromatic heterocycles. The van der Waals surface area contributed by atoms with Crippen LogP contribution >= 0.6 is 15.9 Å². The molecule has 2 aromatic rings. The average Bonchev–Trinajstić information content (AvgIpc) is 2.83. The first-order valence-electron chi connectivity index (χ1n) is 6.38. The van der Waals surface area contributed by atoms with Crippen molar-refractivity contribution < 1.29 is 4.74 Å². The van der Waals surface area contributed by atoms with Crippen LogP contribution in [0.1, 0.15) is 12.5 Å². The fourth-order valence-corrected chi connectivity index (χ4v) is 2.06. The Bertz CT molecular complexity index is 513. The zero-order valence-electron chi connectivity index (χ0n) is 11.0. The fraction of sp³-hybridized carbons (Fsp3) is 0.357. The van der Waals surface area contributed by atoms with Gasteiger partial charge in [0, 0.05) is 12.7 Å². The number of rotatable bonds is 7. The van der Waals surface area contributed by atoms with Gasteiger partial charge in [0.1, 0.15) is 12.4 Å². The van der Waals surface area contributed by atoms with Gasteiger partial charge in [-0.15, -0.1) is 0 Å². The third-order valence-corrected chi connectivity index (χ3v) is 3.08. The summed E-state index contributed by atoms with van der Waals surface area (Å²) in [7, 11) is 0. The summed E-state index contributed by atoms with van der Waals surface area (Å²) in [6.45, 7) is 5.30. The topological polar surface area (TPSA) is 39.1 Å². The lowest BCUT2D eigenvalue weighted by Crippen LogP contribution is -2.12. The second-order valence-corrected chi connectivity index (χ2v) is 5.11. The largest absolute Gasteiger partial charge is 0.492 e. The second-order valence-electron chi connectivity index (χ2n) is 4.20. The van der Waals surface area contributed by atoms with Crippen molar-refractivity contribution in [3.05, 3.63) is 46.7 Å². The van der Waals surface area contributed by atoms with Gasteiger partial charge >= 0.3 is 0 Å². The maximum atomic E-state index is 5.74. The first-order valence-corrected chi connectivity index (χ1v) is 7.17. The summed E-state index contributed by atoms with van der Waals surface area (Å²) in [6.07, 6.45) is 3.71. The van der Waals surface area contributed by atoms with Crippen molar-refractivity contribution in [3.8, 4) is 5.75 Å². The van der Waals surface area contributed by atoms with Gasteiger partial charge < -0.3 is 10.1 Å².